The summed E-state index contributed by atoms with van der Waals surface area (Å²) in [7, 11) is 0. The first-order chi connectivity index (χ1) is 7.70. The second-order valence-electron chi connectivity index (χ2n) is 3.68. The molecule has 0 amide bonds. The predicted octanol–water partition coefficient (Wildman–Crippen LogP) is 1.49. The molecule has 0 aliphatic carbocycles. The van der Waals surface area contributed by atoms with Crippen LogP contribution in [-0.2, 0) is 6.54 Å². The molecule has 1 aromatic heterocycles. The van der Waals surface area contributed by atoms with E-state index in [9.17, 15) is 0 Å². The summed E-state index contributed by atoms with van der Waals surface area (Å²) in [6.45, 7) is 2.39. The lowest BCUT2D eigenvalue weighted by molar-refractivity contribution is 1.02. The highest BCUT2D eigenvalue weighted by molar-refractivity contribution is 5.58. The Morgan fingerprint density at radius 1 is 1.31 bits per heavy atom. The number of nitrogens with two attached hydrogens (primary N) is 2. The van der Waals surface area contributed by atoms with Crippen molar-refractivity contribution in [2.75, 3.05) is 5.73 Å². The molecular formula is C12H14N4. The summed E-state index contributed by atoms with van der Waals surface area (Å²) < 4.78 is 0. The Labute approximate surface area is 94.3 Å². The molecular weight excluding hydrogens is 200 g/mol. The average molecular weight is 214 g/mol. The minimum atomic E-state index is 0.361. The molecule has 4 heteroatoms. The van der Waals surface area contributed by atoms with Crippen molar-refractivity contribution in [3.63, 3.8) is 0 Å². The van der Waals surface area contributed by atoms with Crippen molar-refractivity contribution < 1.29 is 0 Å². The first-order valence-electron chi connectivity index (χ1n) is 5.09. The van der Waals surface area contributed by atoms with Crippen molar-refractivity contribution in [1.82, 2.24) is 9.97 Å². The third kappa shape index (κ3) is 2.01. The molecule has 0 unspecified atom stereocenters. The van der Waals surface area contributed by atoms with Crippen molar-refractivity contribution in [2.45, 2.75) is 13.5 Å². The van der Waals surface area contributed by atoms with Gasteiger partial charge in [-0.25, -0.2) is 9.97 Å². The Kier molecular flexibility index (Phi) is 2.83. The molecule has 0 aliphatic heterocycles. The van der Waals surface area contributed by atoms with E-state index in [4.69, 9.17) is 11.5 Å². The number of aromatic nitrogens is 2. The molecule has 0 saturated carbocycles. The van der Waals surface area contributed by atoms with Crippen molar-refractivity contribution in [3.05, 3.63) is 41.6 Å². The van der Waals surface area contributed by atoms with Gasteiger partial charge in [0.25, 0.3) is 0 Å². The van der Waals surface area contributed by atoms with Gasteiger partial charge in [-0.05, 0) is 13.0 Å². The van der Waals surface area contributed by atoms with Gasteiger partial charge < -0.3 is 11.5 Å². The summed E-state index contributed by atoms with van der Waals surface area (Å²) in [5.41, 5.74) is 14.2. The van der Waals surface area contributed by atoms with Crippen LogP contribution in [-0.4, -0.2) is 9.97 Å². The second-order valence-corrected chi connectivity index (χ2v) is 3.68. The third-order valence-corrected chi connectivity index (χ3v) is 2.39. The molecule has 0 atom stereocenters. The normalized spacial score (nSPS) is 10.4. The first kappa shape index (κ1) is 10.6. The summed E-state index contributed by atoms with van der Waals surface area (Å²) in [5, 5.41) is 0. The summed E-state index contributed by atoms with van der Waals surface area (Å²) in [4.78, 5) is 8.49. The SMILES string of the molecule is Cc1cccc(-c2ncc(CN)c(N)n2)c1. The van der Waals surface area contributed by atoms with E-state index >= 15 is 0 Å². The fourth-order valence-electron chi connectivity index (χ4n) is 1.50. The van der Waals surface area contributed by atoms with E-state index in [1.165, 1.54) is 5.56 Å². The van der Waals surface area contributed by atoms with Gasteiger partial charge in [-0.2, -0.15) is 0 Å². The Morgan fingerprint density at radius 3 is 2.75 bits per heavy atom. The minimum absolute atomic E-state index is 0.361. The third-order valence-electron chi connectivity index (χ3n) is 2.39. The van der Waals surface area contributed by atoms with Crippen LogP contribution >= 0.6 is 0 Å². The maximum absolute atomic E-state index is 5.78. The molecule has 0 aliphatic rings. The van der Waals surface area contributed by atoms with Crippen molar-refractivity contribution in [2.24, 2.45) is 5.73 Å². The predicted molar refractivity (Wildman–Crippen MR) is 64.5 cm³/mol. The molecule has 4 nitrogen and oxygen atoms in total. The van der Waals surface area contributed by atoms with Gasteiger partial charge in [0.1, 0.15) is 5.82 Å². The lowest BCUT2D eigenvalue weighted by Gasteiger charge is -2.05. The second kappa shape index (κ2) is 4.28. The molecule has 4 N–H and O–H groups in total. The zero-order valence-electron chi connectivity index (χ0n) is 9.14. The van der Waals surface area contributed by atoms with E-state index in [1.807, 2.05) is 31.2 Å². The molecule has 0 bridgehead atoms. The molecule has 0 spiro atoms. The van der Waals surface area contributed by atoms with E-state index in [0.29, 0.717) is 18.2 Å². The van der Waals surface area contributed by atoms with Crippen LogP contribution < -0.4 is 11.5 Å². The summed E-state index contributed by atoms with van der Waals surface area (Å²) in [5.74, 6) is 1.09. The van der Waals surface area contributed by atoms with E-state index in [1.54, 1.807) is 6.20 Å². The molecule has 1 heterocycles. The van der Waals surface area contributed by atoms with Gasteiger partial charge in [0, 0.05) is 23.9 Å². The quantitative estimate of drug-likeness (QED) is 0.794. The molecule has 82 valence electrons. The Balaban J connectivity index is 2.45. The highest BCUT2D eigenvalue weighted by Gasteiger charge is 2.04. The number of rotatable bonds is 2. The number of aryl methyl sites for hydroxylation is 1. The number of nitrogen functional groups attached to an aromatic ring is 1. The fraction of sp³-hybridized carbons (Fsp3) is 0.167. The van der Waals surface area contributed by atoms with Crippen LogP contribution in [0.25, 0.3) is 11.4 Å². The Bertz CT molecular complexity index is 508. The van der Waals surface area contributed by atoms with Gasteiger partial charge in [-0.3, -0.25) is 0 Å². The maximum Gasteiger partial charge on any atom is 0.161 e. The number of benzene rings is 1. The molecule has 1 aromatic carbocycles. The Hall–Kier alpha value is -1.94. The van der Waals surface area contributed by atoms with Gasteiger partial charge in [-0.15, -0.1) is 0 Å². The first-order valence-corrected chi connectivity index (χ1v) is 5.09. The average Bonchev–Trinajstić information content (AvgIpc) is 2.29. The number of hydrogen-bond acceptors (Lipinski definition) is 4. The van der Waals surface area contributed by atoms with Crippen LogP contribution in [0.5, 0.6) is 0 Å². The summed E-state index contributed by atoms with van der Waals surface area (Å²) >= 11 is 0. The smallest absolute Gasteiger partial charge is 0.161 e. The van der Waals surface area contributed by atoms with Crippen molar-refractivity contribution >= 4 is 5.82 Å². The van der Waals surface area contributed by atoms with Gasteiger partial charge >= 0.3 is 0 Å². The van der Waals surface area contributed by atoms with Crippen LogP contribution in [0.2, 0.25) is 0 Å². The highest BCUT2D eigenvalue weighted by atomic mass is 14.9. The van der Waals surface area contributed by atoms with E-state index in [-0.39, 0.29) is 0 Å². The van der Waals surface area contributed by atoms with Crippen LogP contribution in [0.1, 0.15) is 11.1 Å². The largest absolute Gasteiger partial charge is 0.383 e. The molecule has 0 radical (unpaired) electrons. The van der Waals surface area contributed by atoms with E-state index in [0.717, 1.165) is 11.1 Å². The zero-order chi connectivity index (χ0) is 11.5. The van der Waals surface area contributed by atoms with Gasteiger partial charge in [0.15, 0.2) is 5.82 Å². The van der Waals surface area contributed by atoms with Gasteiger partial charge in [0.2, 0.25) is 0 Å². The molecule has 2 aromatic rings. The lowest BCUT2D eigenvalue weighted by atomic mass is 10.1. The molecule has 0 saturated heterocycles. The number of anilines is 1. The van der Waals surface area contributed by atoms with Crippen molar-refractivity contribution in [1.29, 1.82) is 0 Å². The minimum Gasteiger partial charge on any atom is -0.383 e. The van der Waals surface area contributed by atoms with Gasteiger partial charge in [0.05, 0.1) is 0 Å². The molecule has 16 heavy (non-hydrogen) atoms. The van der Waals surface area contributed by atoms with E-state index in [2.05, 4.69) is 9.97 Å². The highest BCUT2D eigenvalue weighted by Crippen LogP contribution is 2.18. The number of hydrogen-bond donors (Lipinski definition) is 2. The zero-order valence-corrected chi connectivity index (χ0v) is 9.14. The fourth-order valence-corrected chi connectivity index (χ4v) is 1.50. The van der Waals surface area contributed by atoms with Crippen LogP contribution in [0.3, 0.4) is 0 Å². The number of nitrogens with zero attached hydrogens (tertiary/aromatic N) is 2. The van der Waals surface area contributed by atoms with Crippen molar-refractivity contribution in [3.8, 4) is 11.4 Å². The molecule has 2 rings (SSSR count). The monoisotopic (exact) mass is 214 g/mol. The van der Waals surface area contributed by atoms with Gasteiger partial charge in [-0.1, -0.05) is 23.8 Å². The maximum atomic E-state index is 5.78. The topological polar surface area (TPSA) is 77.8 Å². The van der Waals surface area contributed by atoms with Crippen LogP contribution in [0, 0.1) is 6.92 Å². The standard InChI is InChI=1S/C12H14N4/c1-8-3-2-4-9(5-8)12-15-7-10(6-13)11(14)16-12/h2-5,7H,6,13H2,1H3,(H2,14,15,16). The molecule has 0 fully saturated rings. The Morgan fingerprint density at radius 2 is 2.12 bits per heavy atom. The lowest BCUT2D eigenvalue weighted by Crippen LogP contribution is -2.05. The van der Waals surface area contributed by atoms with Crippen LogP contribution in [0.15, 0.2) is 30.5 Å². The van der Waals surface area contributed by atoms with Crippen LogP contribution in [0.4, 0.5) is 5.82 Å². The summed E-state index contributed by atoms with van der Waals surface area (Å²) in [6, 6.07) is 7.99. The summed E-state index contributed by atoms with van der Waals surface area (Å²) in [6.07, 6.45) is 1.68. The van der Waals surface area contributed by atoms with E-state index < -0.39 is 0 Å².